The molecule has 108 valence electrons. The zero-order chi connectivity index (χ0) is 14.5. The van der Waals surface area contributed by atoms with E-state index in [0.717, 1.165) is 22.1 Å². The summed E-state index contributed by atoms with van der Waals surface area (Å²) in [4.78, 5) is 0. The highest BCUT2D eigenvalue weighted by Crippen LogP contribution is 2.32. The molecule has 0 unspecified atom stereocenters. The van der Waals surface area contributed by atoms with E-state index in [0.29, 0.717) is 13.2 Å². The zero-order valence-corrected chi connectivity index (χ0v) is 12.4. The minimum absolute atomic E-state index is 0.0550. The van der Waals surface area contributed by atoms with Crippen LogP contribution in [0.1, 0.15) is 32.4 Å². The second kappa shape index (κ2) is 6.73. The van der Waals surface area contributed by atoms with Crippen molar-refractivity contribution in [2.24, 2.45) is 5.73 Å². The Morgan fingerprint density at radius 1 is 1.00 bits per heavy atom. The Labute approximate surface area is 120 Å². The summed E-state index contributed by atoms with van der Waals surface area (Å²) in [6, 6.07) is 12.3. The van der Waals surface area contributed by atoms with Gasteiger partial charge >= 0.3 is 0 Å². The van der Waals surface area contributed by atoms with Crippen LogP contribution in [0.5, 0.6) is 5.75 Å². The molecule has 0 heterocycles. The van der Waals surface area contributed by atoms with Crippen LogP contribution in [0.2, 0.25) is 0 Å². The molecule has 3 nitrogen and oxygen atoms in total. The number of ether oxygens (including phenoxy) is 2. The van der Waals surface area contributed by atoms with Crippen molar-refractivity contribution in [1.29, 1.82) is 0 Å². The molecule has 3 heteroatoms. The van der Waals surface area contributed by atoms with E-state index in [1.807, 2.05) is 39.0 Å². The highest BCUT2D eigenvalue weighted by Gasteiger charge is 2.12. The Bertz CT molecular complexity index is 564. The lowest BCUT2D eigenvalue weighted by atomic mass is 10.0. The molecule has 0 aliphatic heterocycles. The third-order valence-corrected chi connectivity index (χ3v) is 3.18. The SMILES string of the molecule is CC(C)OCCOc1c([C@@H](C)N)ccc2ccccc12. The number of hydrogen-bond acceptors (Lipinski definition) is 3. The third-order valence-electron chi connectivity index (χ3n) is 3.18. The Morgan fingerprint density at radius 2 is 1.75 bits per heavy atom. The van der Waals surface area contributed by atoms with Crippen LogP contribution in [0.3, 0.4) is 0 Å². The van der Waals surface area contributed by atoms with Crippen LogP contribution in [0.4, 0.5) is 0 Å². The van der Waals surface area contributed by atoms with Gasteiger partial charge in [-0.25, -0.2) is 0 Å². The maximum atomic E-state index is 6.05. The molecule has 0 aliphatic rings. The molecule has 0 amide bonds. The normalized spacial score (nSPS) is 12.8. The van der Waals surface area contributed by atoms with E-state index < -0.39 is 0 Å². The van der Waals surface area contributed by atoms with Crippen molar-refractivity contribution in [1.82, 2.24) is 0 Å². The van der Waals surface area contributed by atoms with Gasteiger partial charge in [0.1, 0.15) is 12.4 Å². The first-order valence-corrected chi connectivity index (χ1v) is 7.11. The van der Waals surface area contributed by atoms with Crippen molar-refractivity contribution in [3.63, 3.8) is 0 Å². The molecule has 0 bridgehead atoms. The minimum atomic E-state index is -0.0550. The Kier molecular flexibility index (Phi) is 4.99. The molecular weight excluding hydrogens is 250 g/mol. The van der Waals surface area contributed by atoms with E-state index in [1.165, 1.54) is 0 Å². The molecule has 0 radical (unpaired) electrons. The highest BCUT2D eigenvalue weighted by atomic mass is 16.5. The molecule has 20 heavy (non-hydrogen) atoms. The molecule has 0 aliphatic carbocycles. The van der Waals surface area contributed by atoms with Gasteiger partial charge in [0.15, 0.2) is 0 Å². The topological polar surface area (TPSA) is 44.5 Å². The van der Waals surface area contributed by atoms with Crippen molar-refractivity contribution in [3.05, 3.63) is 42.0 Å². The van der Waals surface area contributed by atoms with Gasteiger partial charge in [-0.05, 0) is 26.2 Å². The molecule has 0 spiro atoms. The average Bonchev–Trinajstić information content (AvgIpc) is 2.42. The summed E-state index contributed by atoms with van der Waals surface area (Å²) in [6.45, 7) is 7.13. The first-order valence-electron chi connectivity index (χ1n) is 7.11. The Hall–Kier alpha value is -1.58. The van der Waals surface area contributed by atoms with Crippen molar-refractivity contribution in [3.8, 4) is 5.75 Å². The molecule has 2 aromatic rings. The molecular formula is C17H23NO2. The number of nitrogens with two attached hydrogens (primary N) is 1. The summed E-state index contributed by atoms with van der Waals surface area (Å²) in [7, 11) is 0. The lowest BCUT2D eigenvalue weighted by Gasteiger charge is -2.17. The molecule has 2 aromatic carbocycles. The van der Waals surface area contributed by atoms with Gasteiger partial charge in [-0.1, -0.05) is 36.4 Å². The number of benzene rings is 2. The fourth-order valence-corrected chi connectivity index (χ4v) is 2.21. The standard InChI is InChI=1S/C17H23NO2/c1-12(2)19-10-11-20-17-15(13(3)18)9-8-14-6-4-5-7-16(14)17/h4-9,12-13H,10-11,18H2,1-3H3/t13-/m1/s1. The fraction of sp³-hybridized carbons (Fsp3) is 0.412. The van der Waals surface area contributed by atoms with Gasteiger partial charge in [-0.15, -0.1) is 0 Å². The van der Waals surface area contributed by atoms with E-state index in [-0.39, 0.29) is 12.1 Å². The molecule has 0 aromatic heterocycles. The lowest BCUT2D eigenvalue weighted by Crippen LogP contribution is -2.14. The van der Waals surface area contributed by atoms with Crippen LogP contribution in [0, 0.1) is 0 Å². The molecule has 0 saturated heterocycles. The van der Waals surface area contributed by atoms with Gasteiger partial charge in [-0.2, -0.15) is 0 Å². The van der Waals surface area contributed by atoms with Gasteiger partial charge in [0, 0.05) is 17.0 Å². The van der Waals surface area contributed by atoms with Gasteiger partial charge in [0.05, 0.1) is 12.7 Å². The Morgan fingerprint density at radius 3 is 2.45 bits per heavy atom. The summed E-state index contributed by atoms with van der Waals surface area (Å²) in [5.74, 6) is 0.880. The maximum absolute atomic E-state index is 6.05. The molecule has 0 fully saturated rings. The first kappa shape index (κ1) is 14.8. The second-order valence-corrected chi connectivity index (χ2v) is 5.26. The van der Waals surface area contributed by atoms with E-state index in [9.17, 15) is 0 Å². The van der Waals surface area contributed by atoms with Gasteiger partial charge in [0.25, 0.3) is 0 Å². The van der Waals surface area contributed by atoms with Crippen LogP contribution in [-0.4, -0.2) is 19.3 Å². The van der Waals surface area contributed by atoms with Gasteiger partial charge in [0.2, 0.25) is 0 Å². The maximum Gasteiger partial charge on any atom is 0.131 e. The number of hydrogen-bond donors (Lipinski definition) is 1. The molecule has 1 atom stereocenters. The number of fused-ring (bicyclic) bond motifs is 1. The third kappa shape index (κ3) is 3.50. The number of rotatable bonds is 6. The van der Waals surface area contributed by atoms with Crippen LogP contribution in [-0.2, 0) is 4.74 Å². The minimum Gasteiger partial charge on any atom is -0.490 e. The fourth-order valence-electron chi connectivity index (χ4n) is 2.21. The lowest BCUT2D eigenvalue weighted by molar-refractivity contribution is 0.0553. The van der Waals surface area contributed by atoms with Crippen molar-refractivity contribution in [2.75, 3.05) is 13.2 Å². The van der Waals surface area contributed by atoms with Crippen LogP contribution in [0.15, 0.2) is 36.4 Å². The van der Waals surface area contributed by atoms with Gasteiger partial charge in [-0.3, -0.25) is 0 Å². The van der Waals surface area contributed by atoms with E-state index in [4.69, 9.17) is 15.2 Å². The summed E-state index contributed by atoms with van der Waals surface area (Å²) in [6.07, 6.45) is 0.221. The largest absolute Gasteiger partial charge is 0.490 e. The van der Waals surface area contributed by atoms with Gasteiger partial charge < -0.3 is 15.2 Å². The quantitative estimate of drug-likeness (QED) is 0.817. The second-order valence-electron chi connectivity index (χ2n) is 5.26. The van der Waals surface area contributed by atoms with Crippen LogP contribution in [0.25, 0.3) is 10.8 Å². The molecule has 2 rings (SSSR count). The summed E-state index contributed by atoms with van der Waals surface area (Å²) in [5, 5.41) is 2.27. The summed E-state index contributed by atoms with van der Waals surface area (Å²) >= 11 is 0. The van der Waals surface area contributed by atoms with Crippen molar-refractivity contribution >= 4 is 10.8 Å². The first-order chi connectivity index (χ1) is 9.59. The van der Waals surface area contributed by atoms with E-state index in [1.54, 1.807) is 0 Å². The highest BCUT2D eigenvalue weighted by molar-refractivity contribution is 5.89. The summed E-state index contributed by atoms with van der Waals surface area (Å²) < 4.78 is 11.5. The summed E-state index contributed by atoms with van der Waals surface area (Å²) in [5.41, 5.74) is 7.08. The van der Waals surface area contributed by atoms with E-state index >= 15 is 0 Å². The van der Waals surface area contributed by atoms with E-state index in [2.05, 4.69) is 18.2 Å². The van der Waals surface area contributed by atoms with Crippen molar-refractivity contribution in [2.45, 2.75) is 32.9 Å². The monoisotopic (exact) mass is 273 g/mol. The van der Waals surface area contributed by atoms with Crippen LogP contribution < -0.4 is 10.5 Å². The predicted molar refractivity (Wildman–Crippen MR) is 83.1 cm³/mol. The zero-order valence-electron chi connectivity index (χ0n) is 12.4. The smallest absolute Gasteiger partial charge is 0.131 e. The molecule has 0 saturated carbocycles. The molecule has 2 N–H and O–H groups in total. The predicted octanol–water partition coefficient (Wildman–Crippen LogP) is 3.66. The average molecular weight is 273 g/mol. The van der Waals surface area contributed by atoms with Crippen LogP contribution >= 0.6 is 0 Å². The van der Waals surface area contributed by atoms with Crippen molar-refractivity contribution < 1.29 is 9.47 Å². The Balaban J connectivity index is 2.25.